The highest BCUT2D eigenvalue weighted by atomic mass is 35.5. The van der Waals surface area contributed by atoms with Gasteiger partial charge in [0, 0.05) is 31.2 Å². The summed E-state index contributed by atoms with van der Waals surface area (Å²) in [4.78, 5) is 0.187. The van der Waals surface area contributed by atoms with E-state index in [2.05, 4.69) is 15.4 Å². The number of β-amino-alcohol motifs (C(OH)–C–C–N with tert-alkyl or cyclic N) is 1. The van der Waals surface area contributed by atoms with Gasteiger partial charge < -0.3 is 15.7 Å². The number of nitrogens with one attached hydrogen (secondary N) is 3. The maximum Gasteiger partial charge on any atom is 0.240 e. The Labute approximate surface area is 136 Å². The molecule has 1 aliphatic rings. The molecule has 1 aromatic carbocycles. The van der Waals surface area contributed by atoms with Crippen molar-refractivity contribution in [3.05, 3.63) is 29.3 Å². The molecule has 124 valence electrons. The van der Waals surface area contributed by atoms with Crippen molar-refractivity contribution in [2.24, 2.45) is 0 Å². The number of aliphatic hydroxyl groups is 1. The maximum absolute atomic E-state index is 12.0. The van der Waals surface area contributed by atoms with Gasteiger partial charge in [-0.05, 0) is 43.7 Å². The first-order valence-electron chi connectivity index (χ1n) is 7.30. The highest BCUT2D eigenvalue weighted by Gasteiger charge is 2.28. The standard InChI is InChI=1S/C14H22ClN3O3S/c15-12-2-4-13(5-3-12)22(20,21)18-9-8-17-11-14(19)6-1-7-16-10-14/h2-5,16-19H,1,6-11H2. The molecule has 2 rings (SSSR count). The number of hydrogen-bond acceptors (Lipinski definition) is 5. The van der Waals surface area contributed by atoms with Crippen LogP contribution in [-0.4, -0.2) is 51.8 Å². The molecule has 8 heteroatoms. The molecule has 1 saturated heterocycles. The molecule has 4 N–H and O–H groups in total. The van der Waals surface area contributed by atoms with Crippen molar-refractivity contribution in [1.29, 1.82) is 0 Å². The lowest BCUT2D eigenvalue weighted by molar-refractivity contribution is 0.0175. The lowest BCUT2D eigenvalue weighted by Crippen LogP contribution is -2.52. The summed E-state index contributed by atoms with van der Waals surface area (Å²) in [6.45, 7) is 2.66. The lowest BCUT2D eigenvalue weighted by Gasteiger charge is -2.32. The Balaban J connectivity index is 1.72. The Bertz CT molecular complexity index is 572. The second-order valence-corrected chi connectivity index (χ2v) is 7.74. The third-order valence-corrected chi connectivity index (χ3v) is 5.35. The number of rotatable bonds is 7. The fourth-order valence-corrected chi connectivity index (χ4v) is 3.55. The zero-order valence-corrected chi connectivity index (χ0v) is 13.9. The quantitative estimate of drug-likeness (QED) is 0.533. The fraction of sp³-hybridized carbons (Fsp3) is 0.571. The zero-order chi connectivity index (χ0) is 16.1. The van der Waals surface area contributed by atoms with Crippen LogP contribution < -0.4 is 15.4 Å². The Kier molecular flexibility index (Phi) is 6.19. The fourth-order valence-electron chi connectivity index (χ4n) is 2.39. The highest BCUT2D eigenvalue weighted by Crippen LogP contribution is 2.15. The SMILES string of the molecule is O=S(=O)(NCCNCC1(O)CCCNC1)c1ccc(Cl)cc1. The van der Waals surface area contributed by atoms with E-state index in [4.69, 9.17) is 11.6 Å². The Morgan fingerprint density at radius 3 is 2.64 bits per heavy atom. The minimum absolute atomic E-state index is 0.187. The summed E-state index contributed by atoms with van der Waals surface area (Å²) in [5, 5.41) is 17.0. The van der Waals surface area contributed by atoms with Crippen molar-refractivity contribution in [2.45, 2.75) is 23.3 Å². The van der Waals surface area contributed by atoms with Gasteiger partial charge in [0.2, 0.25) is 10.0 Å². The van der Waals surface area contributed by atoms with Gasteiger partial charge in [0.05, 0.1) is 10.5 Å². The largest absolute Gasteiger partial charge is 0.387 e. The average molecular weight is 348 g/mol. The van der Waals surface area contributed by atoms with Crippen LogP contribution in [0.4, 0.5) is 0 Å². The van der Waals surface area contributed by atoms with Crippen molar-refractivity contribution >= 4 is 21.6 Å². The van der Waals surface area contributed by atoms with Crippen molar-refractivity contribution in [3.63, 3.8) is 0 Å². The van der Waals surface area contributed by atoms with Crippen LogP contribution in [0.1, 0.15) is 12.8 Å². The summed E-state index contributed by atoms with van der Waals surface area (Å²) in [6.07, 6.45) is 1.70. The van der Waals surface area contributed by atoms with Crippen LogP contribution in [-0.2, 0) is 10.0 Å². The van der Waals surface area contributed by atoms with Gasteiger partial charge in [-0.15, -0.1) is 0 Å². The molecular weight excluding hydrogens is 326 g/mol. The summed E-state index contributed by atoms with van der Waals surface area (Å²) < 4.78 is 26.6. The third kappa shape index (κ3) is 5.19. The van der Waals surface area contributed by atoms with Crippen molar-refractivity contribution in [1.82, 2.24) is 15.4 Å². The molecule has 0 amide bonds. The van der Waals surface area contributed by atoms with Crippen LogP contribution in [0.15, 0.2) is 29.2 Å². The number of halogens is 1. The molecule has 1 unspecified atom stereocenters. The van der Waals surface area contributed by atoms with Gasteiger partial charge in [0.15, 0.2) is 0 Å². The van der Waals surface area contributed by atoms with E-state index in [1.165, 1.54) is 12.1 Å². The molecule has 22 heavy (non-hydrogen) atoms. The smallest absolute Gasteiger partial charge is 0.240 e. The third-order valence-electron chi connectivity index (χ3n) is 3.62. The molecule has 0 saturated carbocycles. The van der Waals surface area contributed by atoms with E-state index in [0.29, 0.717) is 24.7 Å². The van der Waals surface area contributed by atoms with Crippen LogP contribution >= 0.6 is 11.6 Å². The summed E-state index contributed by atoms with van der Waals surface area (Å²) in [6, 6.07) is 6.02. The van der Waals surface area contributed by atoms with E-state index < -0.39 is 15.6 Å². The minimum atomic E-state index is -3.52. The van der Waals surface area contributed by atoms with Crippen LogP contribution in [0.2, 0.25) is 5.02 Å². The molecule has 6 nitrogen and oxygen atoms in total. The van der Waals surface area contributed by atoms with Gasteiger partial charge in [-0.2, -0.15) is 0 Å². The summed E-state index contributed by atoms with van der Waals surface area (Å²) >= 11 is 5.74. The number of benzene rings is 1. The number of hydrogen-bond donors (Lipinski definition) is 4. The van der Waals surface area contributed by atoms with Gasteiger partial charge >= 0.3 is 0 Å². The minimum Gasteiger partial charge on any atom is -0.387 e. The van der Waals surface area contributed by atoms with Crippen molar-refractivity contribution in [3.8, 4) is 0 Å². The first kappa shape index (κ1) is 17.7. The van der Waals surface area contributed by atoms with Crippen LogP contribution in [0.25, 0.3) is 0 Å². The van der Waals surface area contributed by atoms with E-state index >= 15 is 0 Å². The molecule has 1 atom stereocenters. The van der Waals surface area contributed by atoms with Gasteiger partial charge in [0.25, 0.3) is 0 Å². The van der Waals surface area contributed by atoms with E-state index in [1.54, 1.807) is 12.1 Å². The molecule has 0 aromatic heterocycles. The average Bonchev–Trinajstić information content (AvgIpc) is 2.48. The normalized spacial score (nSPS) is 22.6. The van der Waals surface area contributed by atoms with Gasteiger partial charge in [-0.25, -0.2) is 13.1 Å². The second-order valence-electron chi connectivity index (χ2n) is 5.53. The molecule has 1 heterocycles. The van der Waals surface area contributed by atoms with Crippen LogP contribution in [0.5, 0.6) is 0 Å². The van der Waals surface area contributed by atoms with E-state index in [-0.39, 0.29) is 11.4 Å². The Hall–Kier alpha value is -0.700. The highest BCUT2D eigenvalue weighted by molar-refractivity contribution is 7.89. The Morgan fingerprint density at radius 2 is 2.00 bits per heavy atom. The van der Waals surface area contributed by atoms with Crippen LogP contribution in [0.3, 0.4) is 0 Å². The van der Waals surface area contributed by atoms with Gasteiger partial charge in [-0.1, -0.05) is 11.6 Å². The molecule has 0 spiro atoms. The molecular formula is C14H22ClN3O3S. The number of sulfonamides is 1. The summed E-state index contributed by atoms with van der Waals surface area (Å²) in [5.74, 6) is 0. The first-order valence-corrected chi connectivity index (χ1v) is 9.17. The van der Waals surface area contributed by atoms with E-state index in [1.807, 2.05) is 0 Å². The van der Waals surface area contributed by atoms with Gasteiger partial charge in [-0.3, -0.25) is 0 Å². The van der Waals surface area contributed by atoms with Gasteiger partial charge in [0.1, 0.15) is 0 Å². The molecule has 1 fully saturated rings. The molecule has 0 bridgehead atoms. The monoisotopic (exact) mass is 347 g/mol. The molecule has 0 radical (unpaired) electrons. The van der Waals surface area contributed by atoms with Crippen LogP contribution in [0, 0.1) is 0 Å². The molecule has 1 aromatic rings. The number of piperidine rings is 1. The van der Waals surface area contributed by atoms with E-state index in [9.17, 15) is 13.5 Å². The Morgan fingerprint density at radius 1 is 1.27 bits per heavy atom. The molecule has 0 aliphatic carbocycles. The molecule has 1 aliphatic heterocycles. The topological polar surface area (TPSA) is 90.5 Å². The summed E-state index contributed by atoms with van der Waals surface area (Å²) in [5.41, 5.74) is -0.743. The second kappa shape index (κ2) is 7.72. The van der Waals surface area contributed by atoms with Crippen molar-refractivity contribution < 1.29 is 13.5 Å². The first-order chi connectivity index (χ1) is 10.4. The predicted molar refractivity (Wildman–Crippen MR) is 86.6 cm³/mol. The van der Waals surface area contributed by atoms with Crippen molar-refractivity contribution in [2.75, 3.05) is 32.7 Å². The van der Waals surface area contributed by atoms with E-state index in [0.717, 1.165) is 19.4 Å². The predicted octanol–water partition coefficient (Wildman–Crippen LogP) is 0.322. The zero-order valence-electron chi connectivity index (χ0n) is 12.3. The summed E-state index contributed by atoms with van der Waals surface area (Å²) in [7, 11) is -3.52. The lowest BCUT2D eigenvalue weighted by atomic mass is 9.94. The maximum atomic E-state index is 12.0.